The summed E-state index contributed by atoms with van der Waals surface area (Å²) in [5.41, 5.74) is 3.16. The van der Waals surface area contributed by atoms with Gasteiger partial charge in [0.2, 0.25) is 5.91 Å². The Bertz CT molecular complexity index is 1230. The first-order valence-electron chi connectivity index (χ1n) is 11.6. The standard InChI is InChI=1S/C26H26N4O4S/c31-24-9-12-30(26(33)28-24)21-7-3-2-6-20(21)25(32)27-11-13-29-15-18-5-1-4-8-22(18)34-23(16-29)19-10-14-35-17-19/h1-8,10,14,17,23H,9,11-13,15-16H2,(H,27,32)(H,28,31,33)/t23-/m1/s1. The Morgan fingerprint density at radius 1 is 1.11 bits per heavy atom. The number of hydrogen-bond acceptors (Lipinski definition) is 6. The molecule has 2 aliphatic heterocycles. The number of rotatable bonds is 6. The van der Waals surface area contributed by atoms with E-state index >= 15 is 0 Å². The number of thiophene rings is 1. The van der Waals surface area contributed by atoms with Crippen molar-refractivity contribution in [1.82, 2.24) is 15.5 Å². The molecule has 5 rings (SSSR count). The van der Waals surface area contributed by atoms with E-state index in [1.54, 1.807) is 35.6 Å². The lowest BCUT2D eigenvalue weighted by molar-refractivity contribution is -0.120. The molecule has 0 unspecified atom stereocenters. The smallest absolute Gasteiger partial charge is 0.328 e. The van der Waals surface area contributed by atoms with Crippen LogP contribution < -0.4 is 20.3 Å². The number of amides is 4. The summed E-state index contributed by atoms with van der Waals surface area (Å²) in [6.07, 6.45) is 0.118. The molecule has 2 aliphatic rings. The van der Waals surface area contributed by atoms with Crippen LogP contribution in [0.1, 0.15) is 34.0 Å². The third-order valence-electron chi connectivity index (χ3n) is 6.18. The zero-order valence-corrected chi connectivity index (χ0v) is 19.9. The van der Waals surface area contributed by atoms with Crippen LogP contribution in [0.2, 0.25) is 0 Å². The number of carbonyl (C=O) groups excluding carboxylic acids is 3. The maximum atomic E-state index is 13.1. The molecule has 2 aromatic carbocycles. The van der Waals surface area contributed by atoms with Gasteiger partial charge in [0.1, 0.15) is 11.9 Å². The predicted molar refractivity (Wildman–Crippen MR) is 134 cm³/mol. The molecule has 0 saturated carbocycles. The predicted octanol–water partition coefficient (Wildman–Crippen LogP) is 3.56. The van der Waals surface area contributed by atoms with E-state index in [9.17, 15) is 14.4 Å². The van der Waals surface area contributed by atoms with Crippen molar-refractivity contribution in [1.29, 1.82) is 0 Å². The van der Waals surface area contributed by atoms with E-state index in [1.165, 1.54) is 4.90 Å². The van der Waals surface area contributed by atoms with Gasteiger partial charge in [0, 0.05) is 50.3 Å². The molecule has 3 heterocycles. The second-order valence-electron chi connectivity index (χ2n) is 8.53. The summed E-state index contributed by atoms with van der Waals surface area (Å²) >= 11 is 1.65. The quantitative estimate of drug-likeness (QED) is 0.552. The van der Waals surface area contributed by atoms with E-state index < -0.39 is 6.03 Å². The van der Waals surface area contributed by atoms with Gasteiger partial charge in [-0.05, 0) is 35.0 Å². The topological polar surface area (TPSA) is 91.0 Å². The lowest BCUT2D eigenvalue weighted by Gasteiger charge is -2.28. The molecule has 3 aromatic rings. The van der Waals surface area contributed by atoms with E-state index in [0.29, 0.717) is 30.9 Å². The molecule has 4 amide bonds. The van der Waals surface area contributed by atoms with Gasteiger partial charge < -0.3 is 10.1 Å². The molecular weight excluding hydrogens is 464 g/mol. The fourth-order valence-electron chi connectivity index (χ4n) is 4.40. The number of nitrogens with zero attached hydrogens (tertiary/aromatic N) is 2. The summed E-state index contributed by atoms with van der Waals surface area (Å²) in [5.74, 6) is 0.325. The minimum Gasteiger partial charge on any atom is -0.484 e. The van der Waals surface area contributed by atoms with E-state index in [0.717, 1.165) is 23.4 Å². The first-order chi connectivity index (χ1) is 17.1. The number of nitrogens with one attached hydrogen (secondary N) is 2. The summed E-state index contributed by atoms with van der Waals surface area (Å²) in [4.78, 5) is 40.6. The number of ether oxygens (including phenoxy) is 1. The molecule has 0 aliphatic carbocycles. The number of hydrogen-bond donors (Lipinski definition) is 2. The van der Waals surface area contributed by atoms with Crippen LogP contribution in [0.5, 0.6) is 5.75 Å². The highest BCUT2D eigenvalue weighted by Gasteiger charge is 2.28. The van der Waals surface area contributed by atoms with Crippen molar-refractivity contribution in [3.8, 4) is 5.75 Å². The molecule has 1 atom stereocenters. The van der Waals surface area contributed by atoms with Crippen LogP contribution in [0.15, 0.2) is 65.4 Å². The number of benzene rings is 2. The Morgan fingerprint density at radius 2 is 1.94 bits per heavy atom. The van der Waals surface area contributed by atoms with Crippen molar-refractivity contribution in [3.63, 3.8) is 0 Å². The van der Waals surface area contributed by atoms with Crippen LogP contribution in [0, 0.1) is 0 Å². The summed E-state index contributed by atoms with van der Waals surface area (Å²) in [7, 11) is 0. The van der Waals surface area contributed by atoms with Gasteiger partial charge in [-0.1, -0.05) is 30.3 Å². The van der Waals surface area contributed by atoms with Gasteiger partial charge in [-0.15, -0.1) is 0 Å². The van der Waals surface area contributed by atoms with Crippen LogP contribution in [-0.4, -0.2) is 48.9 Å². The molecule has 0 bridgehead atoms. The van der Waals surface area contributed by atoms with Crippen molar-refractivity contribution in [3.05, 3.63) is 82.0 Å². The van der Waals surface area contributed by atoms with Gasteiger partial charge in [0.15, 0.2) is 0 Å². The summed E-state index contributed by atoms with van der Waals surface area (Å²) in [5, 5.41) is 9.47. The number of anilines is 1. The van der Waals surface area contributed by atoms with Gasteiger partial charge >= 0.3 is 6.03 Å². The summed E-state index contributed by atoms with van der Waals surface area (Å²) < 4.78 is 6.34. The van der Waals surface area contributed by atoms with Crippen LogP contribution in [0.4, 0.5) is 10.5 Å². The SMILES string of the molecule is O=C1CCN(c2ccccc2C(=O)NCCN2Cc3ccccc3O[C@@H](c3ccsc3)C2)C(=O)N1. The first-order valence-corrected chi connectivity index (χ1v) is 12.5. The molecule has 180 valence electrons. The Morgan fingerprint density at radius 3 is 2.77 bits per heavy atom. The molecule has 1 fully saturated rings. The molecule has 2 N–H and O–H groups in total. The highest BCUT2D eigenvalue weighted by molar-refractivity contribution is 7.07. The lowest BCUT2D eigenvalue weighted by atomic mass is 10.1. The third-order valence-corrected chi connectivity index (χ3v) is 6.88. The minimum atomic E-state index is -0.510. The molecule has 35 heavy (non-hydrogen) atoms. The van der Waals surface area contributed by atoms with Gasteiger partial charge in [-0.25, -0.2) is 4.79 Å². The molecule has 8 nitrogen and oxygen atoms in total. The van der Waals surface area contributed by atoms with Crippen LogP contribution >= 0.6 is 11.3 Å². The largest absolute Gasteiger partial charge is 0.484 e. The average Bonchev–Trinajstić information content (AvgIpc) is 3.33. The second-order valence-corrected chi connectivity index (χ2v) is 9.31. The van der Waals surface area contributed by atoms with Crippen LogP contribution in [0.25, 0.3) is 0 Å². The summed E-state index contributed by atoms with van der Waals surface area (Å²) in [6.45, 7) is 2.76. The highest BCUT2D eigenvalue weighted by Crippen LogP contribution is 2.31. The van der Waals surface area contributed by atoms with Crippen LogP contribution in [-0.2, 0) is 11.3 Å². The van der Waals surface area contributed by atoms with Gasteiger partial charge in [0.05, 0.1) is 11.3 Å². The van der Waals surface area contributed by atoms with E-state index in [2.05, 4.69) is 38.4 Å². The highest BCUT2D eigenvalue weighted by atomic mass is 32.1. The Labute approximate surface area is 207 Å². The van der Waals surface area contributed by atoms with Crippen molar-refractivity contribution in [2.24, 2.45) is 0 Å². The van der Waals surface area contributed by atoms with Crippen molar-refractivity contribution < 1.29 is 19.1 Å². The summed E-state index contributed by atoms with van der Waals surface area (Å²) in [6, 6.07) is 16.6. The van der Waals surface area contributed by atoms with Crippen molar-refractivity contribution in [2.45, 2.75) is 19.1 Å². The zero-order valence-electron chi connectivity index (χ0n) is 19.1. The lowest BCUT2D eigenvalue weighted by Crippen LogP contribution is -2.50. The molecular formula is C26H26N4O4S. The van der Waals surface area contributed by atoms with Crippen LogP contribution in [0.3, 0.4) is 0 Å². The van der Waals surface area contributed by atoms with Gasteiger partial charge in [0.25, 0.3) is 5.91 Å². The minimum absolute atomic E-state index is 0.0818. The zero-order chi connectivity index (χ0) is 24.2. The third kappa shape index (κ3) is 5.21. The first kappa shape index (κ1) is 23.1. The van der Waals surface area contributed by atoms with Crippen molar-refractivity contribution in [2.75, 3.05) is 31.1 Å². The number of para-hydroxylation sites is 2. The molecule has 0 spiro atoms. The van der Waals surface area contributed by atoms with Gasteiger partial charge in [-0.2, -0.15) is 11.3 Å². The van der Waals surface area contributed by atoms with Gasteiger partial charge in [-0.3, -0.25) is 24.7 Å². The molecule has 9 heteroatoms. The Hall–Kier alpha value is -3.69. The monoisotopic (exact) mass is 490 g/mol. The van der Waals surface area contributed by atoms with E-state index in [-0.39, 0.29) is 30.9 Å². The fraction of sp³-hybridized carbons (Fsp3) is 0.269. The number of urea groups is 1. The van der Waals surface area contributed by atoms with E-state index in [4.69, 9.17) is 4.74 Å². The van der Waals surface area contributed by atoms with Crippen molar-refractivity contribution >= 4 is 34.9 Å². The second kappa shape index (κ2) is 10.3. The Kier molecular flexibility index (Phi) is 6.78. The molecule has 1 aromatic heterocycles. The molecule has 1 saturated heterocycles. The molecule has 0 radical (unpaired) electrons. The van der Waals surface area contributed by atoms with E-state index in [1.807, 2.05) is 18.2 Å². The maximum Gasteiger partial charge on any atom is 0.328 e. The normalized spacial score (nSPS) is 18.3. The number of imide groups is 1. The Balaban J connectivity index is 1.26. The maximum absolute atomic E-state index is 13.1. The number of fused-ring (bicyclic) bond motifs is 1. The number of carbonyl (C=O) groups is 3. The average molecular weight is 491 g/mol. The fourth-order valence-corrected chi connectivity index (χ4v) is 5.10.